The highest BCUT2D eigenvalue weighted by atomic mass is 16.5. The monoisotopic (exact) mass is 347 g/mol. The summed E-state index contributed by atoms with van der Waals surface area (Å²) in [5, 5.41) is 5.07. The number of nitrogens with zero attached hydrogens (tertiary/aromatic N) is 1. The lowest BCUT2D eigenvalue weighted by molar-refractivity contribution is -0.151. The maximum Gasteiger partial charge on any atom is 0.323 e. The number of piperidine rings is 1. The molecule has 0 aromatic heterocycles. The molecule has 3 heteroatoms. The molecule has 3 nitrogen and oxygen atoms in total. The summed E-state index contributed by atoms with van der Waals surface area (Å²) in [6.07, 6.45) is 3.12. The second kappa shape index (κ2) is 7.46. The largest absolute Gasteiger partial charge is 0.465 e. The Balaban J connectivity index is 1.78. The standard InChI is InChI=1S/C23H25NO2/c1-2-26-23(25)22-13-7-8-14-24(22)16-21-19-11-5-3-9-17(19)15-18-10-4-6-12-20(18)21/h3-6,9-12,15,22H,2,7-8,13-14,16H2,1H3/t22-/m0/s1. The van der Waals surface area contributed by atoms with E-state index < -0.39 is 0 Å². The Morgan fingerprint density at radius 3 is 2.35 bits per heavy atom. The fourth-order valence-corrected chi connectivity index (χ4v) is 4.17. The Morgan fingerprint density at radius 1 is 1.04 bits per heavy atom. The Labute approximate surface area is 154 Å². The minimum atomic E-state index is -0.124. The van der Waals surface area contributed by atoms with E-state index in [2.05, 4.69) is 59.5 Å². The van der Waals surface area contributed by atoms with Gasteiger partial charge < -0.3 is 4.74 Å². The smallest absolute Gasteiger partial charge is 0.323 e. The van der Waals surface area contributed by atoms with Crippen LogP contribution < -0.4 is 0 Å². The number of likely N-dealkylation sites (tertiary alicyclic amines) is 1. The molecule has 0 amide bonds. The van der Waals surface area contributed by atoms with E-state index in [9.17, 15) is 4.79 Å². The van der Waals surface area contributed by atoms with Crippen molar-refractivity contribution in [3.8, 4) is 0 Å². The van der Waals surface area contributed by atoms with Gasteiger partial charge in [0.2, 0.25) is 0 Å². The fraction of sp³-hybridized carbons (Fsp3) is 0.348. The van der Waals surface area contributed by atoms with Crippen LogP contribution in [0.15, 0.2) is 54.6 Å². The van der Waals surface area contributed by atoms with E-state index in [1.807, 2.05) is 6.92 Å². The first-order chi connectivity index (χ1) is 12.8. The first-order valence-corrected chi connectivity index (χ1v) is 9.58. The van der Waals surface area contributed by atoms with Gasteiger partial charge in [0.15, 0.2) is 0 Å². The Morgan fingerprint density at radius 2 is 1.69 bits per heavy atom. The molecule has 0 N–H and O–H groups in total. The summed E-state index contributed by atoms with van der Waals surface area (Å²) in [4.78, 5) is 14.8. The number of hydrogen-bond donors (Lipinski definition) is 0. The van der Waals surface area contributed by atoms with Crippen LogP contribution in [0.25, 0.3) is 21.5 Å². The van der Waals surface area contributed by atoms with Crippen molar-refractivity contribution in [2.24, 2.45) is 0 Å². The lowest BCUT2D eigenvalue weighted by Gasteiger charge is -2.34. The summed E-state index contributed by atoms with van der Waals surface area (Å²) in [5.41, 5.74) is 1.31. The molecule has 1 fully saturated rings. The molecule has 1 aliphatic heterocycles. The second-order valence-corrected chi connectivity index (χ2v) is 7.03. The average Bonchev–Trinajstić information content (AvgIpc) is 2.68. The van der Waals surface area contributed by atoms with E-state index in [1.54, 1.807) is 0 Å². The van der Waals surface area contributed by atoms with Crippen LogP contribution in [0.4, 0.5) is 0 Å². The van der Waals surface area contributed by atoms with Crippen LogP contribution in [0.3, 0.4) is 0 Å². The number of fused-ring (bicyclic) bond motifs is 2. The Hall–Kier alpha value is -2.39. The van der Waals surface area contributed by atoms with Gasteiger partial charge in [0.25, 0.3) is 0 Å². The molecule has 0 aliphatic carbocycles. The number of carbonyl (C=O) groups excluding carboxylic acids is 1. The van der Waals surface area contributed by atoms with E-state index in [-0.39, 0.29) is 12.0 Å². The van der Waals surface area contributed by atoms with Crippen LogP contribution in [0.2, 0.25) is 0 Å². The van der Waals surface area contributed by atoms with Crippen molar-refractivity contribution in [2.75, 3.05) is 13.2 Å². The summed E-state index contributed by atoms with van der Waals surface area (Å²) < 4.78 is 5.34. The summed E-state index contributed by atoms with van der Waals surface area (Å²) >= 11 is 0. The van der Waals surface area contributed by atoms with Crippen molar-refractivity contribution in [1.82, 2.24) is 4.90 Å². The van der Waals surface area contributed by atoms with E-state index in [0.717, 1.165) is 32.4 Å². The van der Waals surface area contributed by atoms with Gasteiger partial charge in [0.05, 0.1) is 6.61 Å². The maximum atomic E-state index is 12.5. The molecular formula is C23H25NO2. The zero-order valence-electron chi connectivity index (χ0n) is 15.3. The van der Waals surface area contributed by atoms with Gasteiger partial charge in [-0.05, 0) is 59.5 Å². The molecule has 134 valence electrons. The molecule has 0 radical (unpaired) electrons. The molecule has 1 saturated heterocycles. The van der Waals surface area contributed by atoms with E-state index in [1.165, 1.54) is 27.1 Å². The highest BCUT2D eigenvalue weighted by molar-refractivity contribution is 6.02. The van der Waals surface area contributed by atoms with Crippen molar-refractivity contribution < 1.29 is 9.53 Å². The maximum absolute atomic E-state index is 12.5. The van der Waals surface area contributed by atoms with Crippen molar-refractivity contribution in [1.29, 1.82) is 0 Å². The molecule has 0 spiro atoms. The second-order valence-electron chi connectivity index (χ2n) is 7.03. The van der Waals surface area contributed by atoms with Crippen LogP contribution in [-0.4, -0.2) is 30.1 Å². The lowest BCUT2D eigenvalue weighted by Crippen LogP contribution is -2.45. The van der Waals surface area contributed by atoms with Crippen LogP contribution >= 0.6 is 0 Å². The summed E-state index contributed by atoms with van der Waals surface area (Å²) in [6.45, 7) is 4.05. The molecule has 26 heavy (non-hydrogen) atoms. The van der Waals surface area contributed by atoms with E-state index >= 15 is 0 Å². The van der Waals surface area contributed by atoms with Gasteiger partial charge in [-0.2, -0.15) is 0 Å². The van der Waals surface area contributed by atoms with Crippen LogP contribution in [-0.2, 0) is 16.1 Å². The van der Waals surface area contributed by atoms with Gasteiger partial charge in [-0.1, -0.05) is 55.0 Å². The van der Waals surface area contributed by atoms with Gasteiger partial charge >= 0.3 is 5.97 Å². The van der Waals surface area contributed by atoms with Gasteiger partial charge in [0, 0.05) is 6.54 Å². The van der Waals surface area contributed by atoms with Gasteiger partial charge in [-0.25, -0.2) is 0 Å². The van der Waals surface area contributed by atoms with Gasteiger partial charge in [0.1, 0.15) is 6.04 Å². The third-order valence-electron chi connectivity index (χ3n) is 5.42. The molecule has 4 rings (SSSR count). The quantitative estimate of drug-likeness (QED) is 0.496. The average molecular weight is 347 g/mol. The SMILES string of the molecule is CCOC(=O)[C@@H]1CCCCN1Cc1c2ccccc2cc2ccccc12. The third-order valence-corrected chi connectivity index (χ3v) is 5.42. The first-order valence-electron chi connectivity index (χ1n) is 9.58. The zero-order chi connectivity index (χ0) is 17.9. The van der Waals surface area contributed by atoms with Crippen LogP contribution in [0, 0.1) is 0 Å². The predicted octanol–water partition coefficient (Wildman–Crippen LogP) is 4.91. The fourth-order valence-electron chi connectivity index (χ4n) is 4.17. The number of carbonyl (C=O) groups is 1. The molecule has 1 aliphatic rings. The van der Waals surface area contributed by atoms with E-state index in [0.29, 0.717) is 6.61 Å². The normalized spacial score (nSPS) is 18.3. The highest BCUT2D eigenvalue weighted by Crippen LogP contribution is 2.31. The van der Waals surface area contributed by atoms with Crippen molar-refractivity contribution in [3.63, 3.8) is 0 Å². The van der Waals surface area contributed by atoms with Crippen molar-refractivity contribution >= 4 is 27.5 Å². The molecule has 1 atom stereocenters. The Kier molecular flexibility index (Phi) is 4.89. The third kappa shape index (κ3) is 3.19. The number of rotatable bonds is 4. The number of esters is 1. The Bertz CT molecular complexity index is 880. The molecule has 0 unspecified atom stereocenters. The summed E-state index contributed by atoms with van der Waals surface area (Å²) in [6, 6.07) is 19.2. The summed E-state index contributed by atoms with van der Waals surface area (Å²) in [5.74, 6) is -0.0725. The van der Waals surface area contributed by atoms with Crippen molar-refractivity contribution in [3.05, 3.63) is 60.2 Å². The molecule has 0 saturated carbocycles. The first kappa shape index (κ1) is 17.0. The van der Waals surface area contributed by atoms with Crippen LogP contribution in [0.5, 0.6) is 0 Å². The predicted molar refractivity (Wildman–Crippen MR) is 106 cm³/mol. The van der Waals surface area contributed by atoms with E-state index in [4.69, 9.17) is 4.74 Å². The number of ether oxygens (including phenoxy) is 1. The highest BCUT2D eigenvalue weighted by Gasteiger charge is 2.30. The molecule has 1 heterocycles. The summed E-state index contributed by atoms with van der Waals surface area (Å²) in [7, 11) is 0. The van der Waals surface area contributed by atoms with Gasteiger partial charge in [-0.3, -0.25) is 9.69 Å². The molecule has 3 aromatic rings. The molecule has 0 bridgehead atoms. The number of benzene rings is 3. The van der Waals surface area contributed by atoms with Crippen LogP contribution in [0.1, 0.15) is 31.7 Å². The zero-order valence-corrected chi connectivity index (χ0v) is 15.3. The minimum absolute atomic E-state index is 0.0725. The number of hydrogen-bond acceptors (Lipinski definition) is 3. The lowest BCUT2D eigenvalue weighted by atomic mass is 9.94. The molecule has 3 aromatic carbocycles. The minimum Gasteiger partial charge on any atom is -0.465 e. The van der Waals surface area contributed by atoms with Gasteiger partial charge in [-0.15, -0.1) is 0 Å². The van der Waals surface area contributed by atoms with Crippen molar-refractivity contribution in [2.45, 2.75) is 38.8 Å². The topological polar surface area (TPSA) is 29.5 Å². The molecular weight excluding hydrogens is 322 g/mol.